The molecule has 1 aliphatic rings. The van der Waals surface area contributed by atoms with E-state index < -0.39 is 12.0 Å². The third-order valence-corrected chi connectivity index (χ3v) is 4.58. The summed E-state index contributed by atoms with van der Waals surface area (Å²) in [6, 6.07) is 12.5. The van der Waals surface area contributed by atoms with E-state index in [0.29, 0.717) is 24.4 Å². The van der Waals surface area contributed by atoms with Crippen molar-refractivity contribution in [3.63, 3.8) is 0 Å². The molecule has 0 unspecified atom stereocenters. The lowest BCUT2D eigenvalue weighted by Gasteiger charge is -2.19. The predicted octanol–water partition coefficient (Wildman–Crippen LogP) is 3.55. The molecule has 0 aromatic heterocycles. The van der Waals surface area contributed by atoms with Crippen LogP contribution in [-0.2, 0) is 17.6 Å². The molecule has 0 fully saturated rings. The SMILES string of the molecule is COC(=O)c1ccccc1NC(=O)NCCOc1cccc2c1CCCC2. The van der Waals surface area contributed by atoms with Gasteiger partial charge >= 0.3 is 12.0 Å². The molecular formula is C21H24N2O4. The first-order valence-electron chi connectivity index (χ1n) is 9.15. The second-order valence-electron chi connectivity index (χ2n) is 6.37. The van der Waals surface area contributed by atoms with Crippen molar-refractivity contribution in [2.45, 2.75) is 25.7 Å². The summed E-state index contributed by atoms with van der Waals surface area (Å²) in [5.41, 5.74) is 3.37. The number of rotatable bonds is 6. The maximum atomic E-state index is 12.1. The van der Waals surface area contributed by atoms with Crippen LogP contribution in [0.3, 0.4) is 0 Å². The molecule has 0 aliphatic heterocycles. The Morgan fingerprint density at radius 1 is 1.04 bits per heavy atom. The summed E-state index contributed by atoms with van der Waals surface area (Å²) in [6.07, 6.45) is 4.56. The number of ether oxygens (including phenoxy) is 2. The Hall–Kier alpha value is -3.02. The van der Waals surface area contributed by atoms with Crippen LogP contribution in [0.2, 0.25) is 0 Å². The summed E-state index contributed by atoms with van der Waals surface area (Å²) in [7, 11) is 1.30. The molecule has 0 heterocycles. The number of benzene rings is 2. The lowest BCUT2D eigenvalue weighted by Crippen LogP contribution is -2.32. The van der Waals surface area contributed by atoms with Gasteiger partial charge in [-0.15, -0.1) is 0 Å². The Bertz CT molecular complexity index is 820. The van der Waals surface area contributed by atoms with Crippen molar-refractivity contribution in [3.8, 4) is 5.75 Å². The number of aryl methyl sites for hydroxylation is 1. The van der Waals surface area contributed by atoms with Crippen LogP contribution in [0.5, 0.6) is 5.75 Å². The van der Waals surface area contributed by atoms with E-state index in [1.807, 2.05) is 12.1 Å². The quantitative estimate of drug-likeness (QED) is 0.604. The van der Waals surface area contributed by atoms with Crippen molar-refractivity contribution in [3.05, 3.63) is 59.2 Å². The molecule has 0 saturated heterocycles. The van der Waals surface area contributed by atoms with Crippen molar-refractivity contribution in [2.75, 3.05) is 25.6 Å². The number of methoxy groups -OCH3 is 1. The van der Waals surface area contributed by atoms with Gasteiger partial charge in [0.15, 0.2) is 0 Å². The van der Waals surface area contributed by atoms with Gasteiger partial charge in [0.2, 0.25) is 0 Å². The smallest absolute Gasteiger partial charge is 0.339 e. The lowest BCUT2D eigenvalue weighted by molar-refractivity contribution is 0.0602. The molecule has 0 saturated carbocycles. The van der Waals surface area contributed by atoms with Crippen LogP contribution in [0.1, 0.15) is 34.3 Å². The summed E-state index contributed by atoms with van der Waals surface area (Å²) in [6.45, 7) is 0.735. The highest BCUT2D eigenvalue weighted by atomic mass is 16.5. The number of fused-ring (bicyclic) bond motifs is 1. The number of urea groups is 1. The van der Waals surface area contributed by atoms with E-state index in [2.05, 4.69) is 16.7 Å². The molecule has 2 amide bonds. The van der Waals surface area contributed by atoms with E-state index in [4.69, 9.17) is 9.47 Å². The zero-order valence-electron chi connectivity index (χ0n) is 15.4. The first-order valence-corrected chi connectivity index (χ1v) is 9.15. The molecule has 1 aliphatic carbocycles. The fourth-order valence-corrected chi connectivity index (χ4v) is 3.25. The van der Waals surface area contributed by atoms with Crippen LogP contribution in [0, 0.1) is 0 Å². The number of carbonyl (C=O) groups is 2. The van der Waals surface area contributed by atoms with Gasteiger partial charge in [-0.05, 0) is 55.0 Å². The van der Waals surface area contributed by atoms with Crippen LogP contribution in [0.4, 0.5) is 10.5 Å². The van der Waals surface area contributed by atoms with Crippen LogP contribution < -0.4 is 15.4 Å². The Labute approximate surface area is 158 Å². The van der Waals surface area contributed by atoms with Crippen LogP contribution in [0.25, 0.3) is 0 Å². The molecule has 0 radical (unpaired) electrons. The largest absolute Gasteiger partial charge is 0.491 e. The highest BCUT2D eigenvalue weighted by Gasteiger charge is 2.14. The summed E-state index contributed by atoms with van der Waals surface area (Å²) < 4.78 is 10.6. The first-order chi connectivity index (χ1) is 13.2. The van der Waals surface area contributed by atoms with E-state index >= 15 is 0 Å². The molecule has 0 spiro atoms. The Morgan fingerprint density at radius 2 is 1.85 bits per heavy atom. The number of carbonyl (C=O) groups excluding carboxylic acids is 2. The second-order valence-corrected chi connectivity index (χ2v) is 6.37. The summed E-state index contributed by atoms with van der Waals surface area (Å²) >= 11 is 0. The predicted molar refractivity (Wildman–Crippen MR) is 103 cm³/mol. The zero-order valence-corrected chi connectivity index (χ0v) is 15.4. The van der Waals surface area contributed by atoms with E-state index in [9.17, 15) is 9.59 Å². The summed E-state index contributed by atoms with van der Waals surface area (Å²) in [5, 5.41) is 5.41. The Balaban J connectivity index is 1.49. The van der Waals surface area contributed by atoms with Gasteiger partial charge < -0.3 is 20.1 Å². The lowest BCUT2D eigenvalue weighted by atomic mass is 9.91. The molecular weight excluding hydrogens is 344 g/mol. The number of amides is 2. The molecule has 27 heavy (non-hydrogen) atoms. The van der Waals surface area contributed by atoms with E-state index in [1.54, 1.807) is 24.3 Å². The molecule has 0 bridgehead atoms. The monoisotopic (exact) mass is 368 g/mol. The van der Waals surface area contributed by atoms with E-state index in [-0.39, 0.29) is 0 Å². The molecule has 3 rings (SSSR count). The molecule has 6 heteroatoms. The van der Waals surface area contributed by atoms with Gasteiger partial charge in [0.1, 0.15) is 12.4 Å². The first kappa shape index (κ1) is 18.8. The number of anilines is 1. The van der Waals surface area contributed by atoms with Crippen molar-refractivity contribution in [1.82, 2.24) is 5.32 Å². The Morgan fingerprint density at radius 3 is 2.70 bits per heavy atom. The van der Waals surface area contributed by atoms with Gasteiger partial charge in [0.05, 0.1) is 24.9 Å². The topological polar surface area (TPSA) is 76.7 Å². The summed E-state index contributed by atoms with van der Waals surface area (Å²) in [4.78, 5) is 23.8. The highest BCUT2D eigenvalue weighted by molar-refractivity contribution is 6.00. The number of esters is 1. The third-order valence-electron chi connectivity index (χ3n) is 4.58. The minimum atomic E-state index is -0.497. The molecule has 0 atom stereocenters. The maximum absolute atomic E-state index is 12.1. The van der Waals surface area contributed by atoms with Crippen molar-refractivity contribution >= 4 is 17.7 Å². The minimum absolute atomic E-state index is 0.308. The molecule has 2 N–H and O–H groups in total. The Kier molecular flexibility index (Phi) is 6.30. The van der Waals surface area contributed by atoms with Crippen molar-refractivity contribution in [1.29, 1.82) is 0 Å². The normalized spacial score (nSPS) is 12.6. The second kappa shape index (κ2) is 9.07. The fourth-order valence-electron chi connectivity index (χ4n) is 3.25. The van der Waals surface area contributed by atoms with Gasteiger partial charge in [-0.25, -0.2) is 9.59 Å². The minimum Gasteiger partial charge on any atom is -0.491 e. The standard InChI is InChI=1S/C21H24N2O4/c1-26-20(24)17-10-4-5-11-18(17)23-21(25)22-13-14-27-19-12-6-8-15-7-2-3-9-16(15)19/h4-6,8,10-12H,2-3,7,9,13-14H2,1H3,(H2,22,23,25). The van der Waals surface area contributed by atoms with Crippen molar-refractivity contribution < 1.29 is 19.1 Å². The molecule has 2 aromatic rings. The number of hydrogen-bond donors (Lipinski definition) is 2. The van der Waals surface area contributed by atoms with E-state index in [0.717, 1.165) is 18.6 Å². The van der Waals surface area contributed by atoms with Gasteiger partial charge in [0.25, 0.3) is 0 Å². The average molecular weight is 368 g/mol. The number of nitrogens with one attached hydrogen (secondary N) is 2. The highest BCUT2D eigenvalue weighted by Crippen LogP contribution is 2.29. The van der Waals surface area contributed by atoms with Gasteiger partial charge in [-0.2, -0.15) is 0 Å². The van der Waals surface area contributed by atoms with Crippen LogP contribution in [-0.4, -0.2) is 32.3 Å². The average Bonchev–Trinajstić information content (AvgIpc) is 2.71. The fraction of sp³-hybridized carbons (Fsp3) is 0.333. The van der Waals surface area contributed by atoms with Crippen LogP contribution in [0.15, 0.2) is 42.5 Å². The third kappa shape index (κ3) is 4.78. The van der Waals surface area contributed by atoms with Crippen LogP contribution >= 0.6 is 0 Å². The number of para-hydroxylation sites is 1. The molecule has 2 aromatic carbocycles. The molecule has 142 valence electrons. The molecule has 6 nitrogen and oxygen atoms in total. The number of hydrogen-bond acceptors (Lipinski definition) is 4. The van der Waals surface area contributed by atoms with Gasteiger partial charge in [-0.1, -0.05) is 24.3 Å². The maximum Gasteiger partial charge on any atom is 0.339 e. The summed E-state index contributed by atoms with van der Waals surface area (Å²) in [5.74, 6) is 0.411. The van der Waals surface area contributed by atoms with E-state index in [1.165, 1.54) is 31.1 Å². The zero-order chi connectivity index (χ0) is 19.1. The van der Waals surface area contributed by atoms with Gasteiger partial charge in [-0.3, -0.25) is 0 Å². The van der Waals surface area contributed by atoms with Crippen molar-refractivity contribution in [2.24, 2.45) is 0 Å². The van der Waals surface area contributed by atoms with Gasteiger partial charge in [0, 0.05) is 0 Å².